The zero-order valence-corrected chi connectivity index (χ0v) is 12.7. The number of hydrogen-bond donors (Lipinski definition) is 1. The van der Waals surface area contributed by atoms with Crippen molar-refractivity contribution in [1.82, 2.24) is 4.90 Å². The lowest BCUT2D eigenvalue weighted by Gasteiger charge is -2.33. The molecule has 21 heavy (non-hydrogen) atoms. The third kappa shape index (κ3) is 3.92. The van der Waals surface area contributed by atoms with Crippen LogP contribution in [0.15, 0.2) is 18.2 Å². The van der Waals surface area contributed by atoms with Gasteiger partial charge in [0.15, 0.2) is 0 Å². The van der Waals surface area contributed by atoms with Crippen molar-refractivity contribution in [2.75, 3.05) is 38.6 Å². The standard InChI is InChI=1S/C15H23N3O3/c1-16-7-3-4-13(9-16)10-17(2)15-8-12(11-19)5-6-14(15)18(20)21/h5-6,8,13,19H,3-4,7,9-11H2,1-2H3. The Labute approximate surface area is 125 Å². The average Bonchev–Trinajstić information content (AvgIpc) is 2.46. The van der Waals surface area contributed by atoms with Crippen molar-refractivity contribution in [3.63, 3.8) is 0 Å². The summed E-state index contributed by atoms with van der Waals surface area (Å²) < 4.78 is 0. The Hall–Kier alpha value is -1.66. The summed E-state index contributed by atoms with van der Waals surface area (Å²) in [4.78, 5) is 15.1. The molecular formula is C15H23N3O3. The van der Waals surface area contributed by atoms with Crippen LogP contribution in [0.5, 0.6) is 0 Å². The summed E-state index contributed by atoms with van der Waals surface area (Å²) in [6.45, 7) is 2.84. The second-order valence-electron chi connectivity index (χ2n) is 5.89. The Morgan fingerprint density at radius 3 is 2.90 bits per heavy atom. The minimum Gasteiger partial charge on any atom is -0.392 e. The Morgan fingerprint density at radius 2 is 2.29 bits per heavy atom. The fraction of sp³-hybridized carbons (Fsp3) is 0.600. The van der Waals surface area contributed by atoms with Gasteiger partial charge in [-0.3, -0.25) is 10.1 Å². The first-order valence-electron chi connectivity index (χ1n) is 7.29. The van der Waals surface area contributed by atoms with E-state index < -0.39 is 0 Å². The van der Waals surface area contributed by atoms with E-state index in [2.05, 4.69) is 11.9 Å². The highest BCUT2D eigenvalue weighted by molar-refractivity contribution is 5.64. The van der Waals surface area contributed by atoms with E-state index in [9.17, 15) is 15.2 Å². The molecule has 1 saturated heterocycles. The van der Waals surface area contributed by atoms with Gasteiger partial charge in [0.25, 0.3) is 5.69 Å². The van der Waals surface area contributed by atoms with E-state index in [0.717, 1.165) is 26.1 Å². The molecule has 1 atom stereocenters. The van der Waals surface area contributed by atoms with Crippen molar-refractivity contribution in [3.05, 3.63) is 33.9 Å². The van der Waals surface area contributed by atoms with Gasteiger partial charge >= 0.3 is 0 Å². The zero-order valence-electron chi connectivity index (χ0n) is 12.7. The lowest BCUT2D eigenvalue weighted by molar-refractivity contribution is -0.384. The summed E-state index contributed by atoms with van der Waals surface area (Å²) in [7, 11) is 4.00. The molecule has 1 heterocycles. The monoisotopic (exact) mass is 293 g/mol. The molecule has 1 aromatic rings. The maximum absolute atomic E-state index is 11.2. The highest BCUT2D eigenvalue weighted by atomic mass is 16.6. The van der Waals surface area contributed by atoms with Gasteiger partial charge in [-0.2, -0.15) is 0 Å². The number of benzene rings is 1. The lowest BCUT2D eigenvalue weighted by atomic mass is 9.97. The minimum atomic E-state index is -0.361. The molecule has 0 aromatic heterocycles. The van der Waals surface area contributed by atoms with Crippen LogP contribution < -0.4 is 4.90 Å². The SMILES string of the molecule is CN1CCCC(CN(C)c2cc(CO)ccc2[N+](=O)[O-])C1. The number of rotatable bonds is 5. The van der Waals surface area contributed by atoms with Gasteiger partial charge in [-0.15, -0.1) is 0 Å². The van der Waals surface area contributed by atoms with E-state index in [1.54, 1.807) is 12.1 Å². The normalized spacial score (nSPS) is 19.5. The summed E-state index contributed by atoms with van der Waals surface area (Å²) in [5.41, 5.74) is 1.38. The molecule has 116 valence electrons. The lowest BCUT2D eigenvalue weighted by Crippen LogP contribution is -2.38. The van der Waals surface area contributed by atoms with Gasteiger partial charge in [0, 0.05) is 26.2 Å². The second-order valence-corrected chi connectivity index (χ2v) is 5.89. The maximum Gasteiger partial charge on any atom is 0.292 e. The number of anilines is 1. The number of nitro benzene ring substituents is 1. The topological polar surface area (TPSA) is 69.8 Å². The van der Waals surface area contributed by atoms with Gasteiger partial charge < -0.3 is 14.9 Å². The van der Waals surface area contributed by atoms with Crippen molar-refractivity contribution in [2.24, 2.45) is 5.92 Å². The van der Waals surface area contributed by atoms with Crippen LogP contribution >= 0.6 is 0 Å². The largest absolute Gasteiger partial charge is 0.392 e. The molecule has 0 aliphatic carbocycles. The van der Waals surface area contributed by atoms with Crippen LogP contribution in [0.1, 0.15) is 18.4 Å². The minimum absolute atomic E-state index is 0.0962. The third-order valence-electron chi connectivity index (χ3n) is 4.08. The summed E-state index contributed by atoms with van der Waals surface area (Å²) in [5, 5.41) is 20.4. The van der Waals surface area contributed by atoms with Crippen LogP contribution in [0.4, 0.5) is 11.4 Å². The molecule has 0 saturated carbocycles. The summed E-state index contributed by atoms with van der Waals surface area (Å²) >= 11 is 0. The molecule has 0 bridgehead atoms. The summed E-state index contributed by atoms with van der Waals surface area (Å²) in [6, 6.07) is 4.79. The molecule has 1 N–H and O–H groups in total. The van der Waals surface area contributed by atoms with Crippen LogP contribution in [0.3, 0.4) is 0 Å². The van der Waals surface area contributed by atoms with Gasteiger partial charge in [0.05, 0.1) is 11.5 Å². The molecular weight excluding hydrogens is 270 g/mol. The Balaban J connectivity index is 2.16. The van der Waals surface area contributed by atoms with Crippen LogP contribution in [0.2, 0.25) is 0 Å². The van der Waals surface area contributed by atoms with E-state index in [1.165, 1.54) is 12.5 Å². The molecule has 0 amide bonds. The van der Waals surface area contributed by atoms with E-state index >= 15 is 0 Å². The first kappa shape index (κ1) is 15.7. The van der Waals surface area contributed by atoms with Gasteiger partial charge in [0.1, 0.15) is 5.69 Å². The van der Waals surface area contributed by atoms with Crippen molar-refractivity contribution < 1.29 is 10.0 Å². The number of hydrogen-bond acceptors (Lipinski definition) is 5. The van der Waals surface area contributed by atoms with E-state index in [1.807, 2.05) is 11.9 Å². The first-order valence-corrected chi connectivity index (χ1v) is 7.29. The van der Waals surface area contributed by atoms with Crippen LogP contribution in [-0.2, 0) is 6.61 Å². The molecule has 6 heteroatoms. The van der Waals surface area contributed by atoms with Crippen molar-refractivity contribution in [3.8, 4) is 0 Å². The number of aliphatic hydroxyl groups is 1. The predicted molar refractivity (Wildman–Crippen MR) is 82.5 cm³/mol. The second kappa shape index (κ2) is 6.87. The van der Waals surface area contributed by atoms with Gasteiger partial charge in [0.2, 0.25) is 0 Å². The predicted octanol–water partition coefficient (Wildman–Crippen LogP) is 1.87. The van der Waals surface area contributed by atoms with Crippen LogP contribution in [0.25, 0.3) is 0 Å². The Kier molecular flexibility index (Phi) is 5.14. The third-order valence-corrected chi connectivity index (χ3v) is 4.08. The maximum atomic E-state index is 11.2. The molecule has 1 unspecified atom stereocenters. The number of nitro groups is 1. The molecule has 1 fully saturated rings. The van der Waals surface area contributed by atoms with Gasteiger partial charge in [-0.25, -0.2) is 0 Å². The molecule has 6 nitrogen and oxygen atoms in total. The molecule has 1 aliphatic rings. The Morgan fingerprint density at radius 1 is 1.52 bits per heavy atom. The number of aliphatic hydroxyl groups excluding tert-OH is 1. The van der Waals surface area contributed by atoms with Gasteiger partial charge in [-0.1, -0.05) is 0 Å². The zero-order chi connectivity index (χ0) is 15.4. The van der Waals surface area contributed by atoms with E-state index in [4.69, 9.17) is 0 Å². The molecule has 0 spiro atoms. The Bertz CT molecular complexity index is 507. The number of piperidine rings is 1. The first-order chi connectivity index (χ1) is 10.0. The van der Waals surface area contributed by atoms with Gasteiger partial charge in [-0.05, 0) is 50.0 Å². The number of likely N-dealkylation sites (tertiary alicyclic amines) is 1. The molecule has 2 rings (SSSR count). The smallest absolute Gasteiger partial charge is 0.292 e. The van der Waals surface area contributed by atoms with E-state index in [-0.39, 0.29) is 17.2 Å². The van der Waals surface area contributed by atoms with Crippen LogP contribution in [0, 0.1) is 16.0 Å². The van der Waals surface area contributed by atoms with Crippen molar-refractivity contribution in [2.45, 2.75) is 19.4 Å². The quantitative estimate of drug-likeness (QED) is 0.663. The fourth-order valence-corrected chi connectivity index (χ4v) is 3.04. The average molecular weight is 293 g/mol. The fourth-order valence-electron chi connectivity index (χ4n) is 3.04. The highest BCUT2D eigenvalue weighted by Crippen LogP contribution is 2.30. The van der Waals surface area contributed by atoms with Crippen LogP contribution in [-0.4, -0.2) is 48.7 Å². The van der Waals surface area contributed by atoms with Crippen molar-refractivity contribution >= 4 is 11.4 Å². The van der Waals surface area contributed by atoms with E-state index in [0.29, 0.717) is 17.2 Å². The summed E-state index contributed by atoms with van der Waals surface area (Å²) in [5.74, 6) is 0.520. The molecule has 1 aliphatic heterocycles. The highest BCUT2D eigenvalue weighted by Gasteiger charge is 2.22. The van der Waals surface area contributed by atoms with Crippen molar-refractivity contribution in [1.29, 1.82) is 0 Å². The molecule has 1 aromatic carbocycles. The summed E-state index contributed by atoms with van der Waals surface area (Å²) in [6.07, 6.45) is 2.33. The molecule has 0 radical (unpaired) electrons. The number of nitrogens with zero attached hydrogens (tertiary/aromatic N) is 3.